The Bertz CT molecular complexity index is 1550. The van der Waals surface area contributed by atoms with Crippen LogP contribution in [0.15, 0.2) is 59.8 Å². The highest BCUT2D eigenvalue weighted by Crippen LogP contribution is 2.27. The standard InChI is InChI=1S/C24H23N9O2/c34-21-19(29-24(35)31-21)10-16-13-27-33-20(16)30-22(32-23(33)28-17-7-8-17)26-12-15-4-1-2-6-18(15)14-5-3-9-25-11-14/h1-6,9,11,13,17,34H,7-8,10,12H2,(H2,29,31,35)(H2,26,28,30,32). The molecule has 0 amide bonds. The number of aromatic hydroxyl groups is 1. The van der Waals surface area contributed by atoms with Crippen molar-refractivity contribution in [3.8, 4) is 17.0 Å². The number of aromatic nitrogens is 7. The van der Waals surface area contributed by atoms with Gasteiger partial charge in [-0.3, -0.25) is 9.97 Å². The van der Waals surface area contributed by atoms with E-state index in [4.69, 9.17) is 4.98 Å². The predicted octanol–water partition coefficient (Wildman–Crippen LogP) is 2.69. The minimum atomic E-state index is -0.464. The number of aromatic amines is 2. The second-order valence-electron chi connectivity index (χ2n) is 8.53. The second-order valence-corrected chi connectivity index (χ2v) is 8.53. The number of rotatable bonds is 8. The number of imidazole rings is 1. The van der Waals surface area contributed by atoms with Gasteiger partial charge in [-0.1, -0.05) is 30.3 Å². The van der Waals surface area contributed by atoms with E-state index in [1.807, 2.05) is 30.5 Å². The summed E-state index contributed by atoms with van der Waals surface area (Å²) in [5.74, 6) is 0.860. The number of nitrogens with one attached hydrogen (secondary N) is 4. The first-order valence-corrected chi connectivity index (χ1v) is 11.4. The van der Waals surface area contributed by atoms with Gasteiger partial charge in [-0.25, -0.2) is 4.79 Å². The Labute approximate surface area is 199 Å². The van der Waals surface area contributed by atoms with Gasteiger partial charge in [0.25, 0.3) is 0 Å². The molecule has 4 heterocycles. The van der Waals surface area contributed by atoms with Crippen molar-refractivity contribution in [2.45, 2.75) is 31.8 Å². The second kappa shape index (κ2) is 8.60. The first-order chi connectivity index (χ1) is 17.1. The Balaban J connectivity index is 1.33. The number of fused-ring (bicyclic) bond motifs is 1. The topological polar surface area (TPSA) is 149 Å². The van der Waals surface area contributed by atoms with Crippen molar-refractivity contribution >= 4 is 17.5 Å². The average molecular weight is 470 g/mol. The van der Waals surface area contributed by atoms with Crippen LogP contribution in [0.5, 0.6) is 5.88 Å². The maximum absolute atomic E-state index is 11.5. The van der Waals surface area contributed by atoms with Crippen molar-refractivity contribution in [1.82, 2.24) is 34.5 Å². The SMILES string of the molecule is O=c1[nH]c(O)c(Cc2cnn3c(NC4CC4)nc(NCc4ccccc4-c4cccnc4)nc23)[nH]1. The van der Waals surface area contributed by atoms with Crippen molar-refractivity contribution in [3.05, 3.63) is 82.3 Å². The molecule has 0 bridgehead atoms. The molecule has 1 saturated carbocycles. The number of nitrogens with zero attached hydrogens (tertiary/aromatic N) is 5. The number of hydrogen-bond acceptors (Lipinski definition) is 8. The highest BCUT2D eigenvalue weighted by Gasteiger charge is 2.24. The zero-order valence-corrected chi connectivity index (χ0v) is 18.7. The molecular formula is C24H23N9O2. The summed E-state index contributed by atoms with van der Waals surface area (Å²) in [6.45, 7) is 0.513. The van der Waals surface area contributed by atoms with Gasteiger partial charge < -0.3 is 20.7 Å². The van der Waals surface area contributed by atoms with Gasteiger partial charge in [0, 0.05) is 42.5 Å². The molecule has 0 spiro atoms. The normalized spacial score (nSPS) is 13.3. The van der Waals surface area contributed by atoms with Crippen LogP contribution in [-0.2, 0) is 13.0 Å². The molecule has 1 aliphatic rings. The van der Waals surface area contributed by atoms with E-state index in [0.717, 1.165) is 35.1 Å². The van der Waals surface area contributed by atoms with Crippen LogP contribution in [0.4, 0.5) is 11.9 Å². The molecule has 11 nitrogen and oxygen atoms in total. The Morgan fingerprint density at radius 2 is 1.94 bits per heavy atom. The summed E-state index contributed by atoms with van der Waals surface area (Å²) in [6, 6.07) is 12.5. The molecule has 0 atom stereocenters. The molecule has 0 saturated heterocycles. The predicted molar refractivity (Wildman–Crippen MR) is 130 cm³/mol. The molecule has 1 aliphatic carbocycles. The van der Waals surface area contributed by atoms with Crippen molar-refractivity contribution in [1.29, 1.82) is 0 Å². The Morgan fingerprint density at radius 1 is 1.06 bits per heavy atom. The molecule has 4 aromatic heterocycles. The average Bonchev–Trinajstić information content (AvgIpc) is 3.51. The molecule has 1 aromatic carbocycles. The third-order valence-electron chi connectivity index (χ3n) is 5.93. The van der Waals surface area contributed by atoms with Crippen LogP contribution in [-0.4, -0.2) is 45.7 Å². The molecule has 0 radical (unpaired) electrons. The Morgan fingerprint density at radius 3 is 2.71 bits per heavy atom. The zero-order chi connectivity index (χ0) is 23.8. The van der Waals surface area contributed by atoms with Crippen molar-refractivity contribution in [2.75, 3.05) is 10.6 Å². The van der Waals surface area contributed by atoms with Crippen LogP contribution in [0.3, 0.4) is 0 Å². The molecule has 5 aromatic rings. The van der Waals surface area contributed by atoms with Crippen LogP contribution in [0, 0.1) is 0 Å². The molecule has 6 rings (SSSR count). The van der Waals surface area contributed by atoms with Crippen LogP contribution in [0.1, 0.15) is 29.7 Å². The van der Waals surface area contributed by atoms with E-state index in [2.05, 4.69) is 47.8 Å². The number of anilines is 2. The van der Waals surface area contributed by atoms with Gasteiger partial charge in [0.2, 0.25) is 17.8 Å². The minimum absolute atomic E-state index is 0.190. The summed E-state index contributed by atoms with van der Waals surface area (Å²) in [6.07, 6.45) is 7.70. The van der Waals surface area contributed by atoms with Gasteiger partial charge in [0.1, 0.15) is 0 Å². The number of hydrogen-bond donors (Lipinski definition) is 5. The molecule has 35 heavy (non-hydrogen) atoms. The van der Waals surface area contributed by atoms with E-state index in [0.29, 0.717) is 35.8 Å². The molecule has 0 aliphatic heterocycles. The highest BCUT2D eigenvalue weighted by molar-refractivity contribution is 5.67. The van der Waals surface area contributed by atoms with Gasteiger partial charge in [0.15, 0.2) is 5.65 Å². The van der Waals surface area contributed by atoms with Gasteiger partial charge in [-0.2, -0.15) is 19.6 Å². The van der Waals surface area contributed by atoms with Crippen molar-refractivity contribution < 1.29 is 5.11 Å². The van der Waals surface area contributed by atoms with E-state index in [9.17, 15) is 9.90 Å². The fourth-order valence-corrected chi connectivity index (χ4v) is 4.01. The van der Waals surface area contributed by atoms with E-state index in [1.165, 1.54) is 0 Å². The first-order valence-electron chi connectivity index (χ1n) is 11.4. The molecular weight excluding hydrogens is 446 g/mol. The molecule has 5 N–H and O–H groups in total. The Hall–Kier alpha value is -4.67. The molecule has 1 fully saturated rings. The molecule has 11 heteroatoms. The Kier molecular flexibility index (Phi) is 5.13. The fourth-order valence-electron chi connectivity index (χ4n) is 4.01. The summed E-state index contributed by atoms with van der Waals surface area (Å²) in [5, 5.41) is 21.2. The van der Waals surface area contributed by atoms with Crippen LogP contribution >= 0.6 is 0 Å². The summed E-state index contributed by atoms with van der Waals surface area (Å²) in [4.78, 5) is 30.1. The van der Waals surface area contributed by atoms with Gasteiger partial charge in [0.05, 0.1) is 11.9 Å². The van der Waals surface area contributed by atoms with Crippen LogP contribution < -0.4 is 16.3 Å². The third-order valence-corrected chi connectivity index (χ3v) is 5.93. The van der Waals surface area contributed by atoms with Gasteiger partial charge in [-0.05, 0) is 30.0 Å². The van der Waals surface area contributed by atoms with E-state index in [-0.39, 0.29) is 12.3 Å². The lowest BCUT2D eigenvalue weighted by atomic mass is 10.0. The van der Waals surface area contributed by atoms with Crippen LogP contribution in [0.25, 0.3) is 16.8 Å². The quantitative estimate of drug-likeness (QED) is 0.233. The maximum Gasteiger partial charge on any atom is 0.325 e. The largest absolute Gasteiger partial charge is 0.493 e. The van der Waals surface area contributed by atoms with Crippen molar-refractivity contribution in [3.63, 3.8) is 0 Å². The summed E-state index contributed by atoms with van der Waals surface area (Å²) >= 11 is 0. The van der Waals surface area contributed by atoms with Crippen molar-refractivity contribution in [2.24, 2.45) is 0 Å². The first kappa shape index (κ1) is 20.9. The van der Waals surface area contributed by atoms with Gasteiger partial charge in [-0.15, -0.1) is 0 Å². The third kappa shape index (κ3) is 4.31. The summed E-state index contributed by atoms with van der Waals surface area (Å²) in [5.41, 5.74) is 4.46. The lowest BCUT2D eigenvalue weighted by Gasteiger charge is -2.13. The molecule has 0 unspecified atom stereocenters. The van der Waals surface area contributed by atoms with E-state index < -0.39 is 5.69 Å². The fraction of sp³-hybridized carbons (Fsp3) is 0.208. The smallest absolute Gasteiger partial charge is 0.325 e. The lowest BCUT2D eigenvalue weighted by molar-refractivity contribution is 0.450. The lowest BCUT2D eigenvalue weighted by Crippen LogP contribution is -2.13. The van der Waals surface area contributed by atoms with Crippen LogP contribution in [0.2, 0.25) is 0 Å². The summed E-state index contributed by atoms with van der Waals surface area (Å²) < 4.78 is 1.66. The number of benzene rings is 1. The van der Waals surface area contributed by atoms with E-state index in [1.54, 1.807) is 16.9 Å². The minimum Gasteiger partial charge on any atom is -0.493 e. The zero-order valence-electron chi connectivity index (χ0n) is 18.7. The number of pyridine rings is 1. The molecule has 176 valence electrons. The highest BCUT2D eigenvalue weighted by atomic mass is 16.3. The summed E-state index contributed by atoms with van der Waals surface area (Å²) in [7, 11) is 0. The monoisotopic (exact) mass is 469 g/mol. The number of H-pyrrole nitrogens is 2. The maximum atomic E-state index is 11.5. The van der Waals surface area contributed by atoms with Gasteiger partial charge >= 0.3 is 5.69 Å². The van der Waals surface area contributed by atoms with E-state index >= 15 is 0 Å².